The first-order valence-electron chi connectivity index (χ1n) is 18.3. The smallest absolute Gasteiger partial charge is 0.306 e. The van der Waals surface area contributed by atoms with Crippen molar-refractivity contribution in [2.45, 2.75) is 183 Å². The first-order valence-corrected chi connectivity index (χ1v) is 18.3. The summed E-state index contributed by atoms with van der Waals surface area (Å²) in [5.41, 5.74) is 0. The lowest BCUT2D eigenvalue weighted by molar-refractivity contribution is -0.334. The Hall–Kier alpha value is -1.42. The fraction of sp³-hybridized carbons (Fsp3) is 0.941. The number of aldehydes is 1. The zero-order chi connectivity index (χ0) is 37.9. The highest BCUT2D eigenvalue weighted by atomic mass is 16.7. The number of carbonyl (C=O) groups excluding carboxylic acids is 2. The van der Waals surface area contributed by atoms with Crippen LogP contribution in [-0.4, -0.2) is 169 Å². The number of esters is 1. The highest BCUT2D eigenvalue weighted by Gasteiger charge is 2.49. The molecule has 0 saturated carbocycles. The van der Waals surface area contributed by atoms with Gasteiger partial charge in [0.1, 0.15) is 67.1 Å². The molecule has 14 atom stereocenters. The van der Waals surface area contributed by atoms with E-state index in [1.807, 2.05) is 0 Å². The van der Waals surface area contributed by atoms with Crippen LogP contribution in [-0.2, 0) is 33.3 Å². The Bertz CT molecular complexity index is 943. The summed E-state index contributed by atoms with van der Waals surface area (Å²) in [5.74, 6) is -0.729. The van der Waals surface area contributed by atoms with E-state index in [2.05, 4.69) is 6.92 Å². The van der Waals surface area contributed by atoms with Crippen LogP contribution in [0.2, 0.25) is 0 Å². The Kier molecular flexibility index (Phi) is 22.2. The molecule has 17 heteroatoms. The van der Waals surface area contributed by atoms with Gasteiger partial charge in [0, 0.05) is 6.42 Å². The third-order valence-electron chi connectivity index (χ3n) is 9.33. The molecule has 2 aliphatic heterocycles. The lowest BCUT2D eigenvalue weighted by atomic mass is 9.98. The molecular formula is C34H62O17. The van der Waals surface area contributed by atoms with E-state index in [1.54, 1.807) is 0 Å². The normalized spacial score (nSPS) is 32.2. The second-order valence-electron chi connectivity index (χ2n) is 13.5. The molecule has 0 unspecified atom stereocenters. The predicted octanol–water partition coefficient (Wildman–Crippen LogP) is -1.70. The molecule has 300 valence electrons. The van der Waals surface area contributed by atoms with Crippen molar-refractivity contribution in [2.75, 3.05) is 19.8 Å². The number of ether oxygens (including phenoxy) is 5. The monoisotopic (exact) mass is 742 g/mol. The fourth-order valence-corrected chi connectivity index (χ4v) is 6.00. The van der Waals surface area contributed by atoms with Gasteiger partial charge in [-0.15, -0.1) is 0 Å². The minimum atomic E-state index is -2.07. The Morgan fingerprint density at radius 3 is 1.75 bits per heavy atom. The van der Waals surface area contributed by atoms with E-state index in [4.69, 9.17) is 23.7 Å². The molecule has 2 rings (SSSR count). The van der Waals surface area contributed by atoms with Crippen molar-refractivity contribution in [1.29, 1.82) is 0 Å². The van der Waals surface area contributed by atoms with E-state index in [0.717, 1.165) is 25.7 Å². The van der Waals surface area contributed by atoms with Gasteiger partial charge in [-0.3, -0.25) is 4.79 Å². The molecule has 0 spiro atoms. The summed E-state index contributed by atoms with van der Waals surface area (Å²) in [6, 6.07) is 0. The summed E-state index contributed by atoms with van der Waals surface area (Å²) in [5, 5.41) is 101. The predicted molar refractivity (Wildman–Crippen MR) is 177 cm³/mol. The first-order chi connectivity index (χ1) is 24.4. The van der Waals surface area contributed by atoms with E-state index in [-0.39, 0.29) is 12.7 Å². The molecule has 0 aromatic rings. The summed E-state index contributed by atoms with van der Waals surface area (Å²) < 4.78 is 27.3. The van der Waals surface area contributed by atoms with Crippen molar-refractivity contribution in [3.63, 3.8) is 0 Å². The topological polar surface area (TPSA) is 283 Å². The third-order valence-corrected chi connectivity index (χ3v) is 9.33. The van der Waals surface area contributed by atoms with Gasteiger partial charge in [0.15, 0.2) is 25.0 Å². The molecule has 2 saturated heterocycles. The fourth-order valence-electron chi connectivity index (χ4n) is 6.00. The van der Waals surface area contributed by atoms with Crippen LogP contribution in [0.3, 0.4) is 0 Å². The molecule has 2 heterocycles. The molecular weight excluding hydrogens is 680 g/mol. The van der Waals surface area contributed by atoms with Gasteiger partial charge in [0.2, 0.25) is 0 Å². The Labute approximate surface area is 299 Å². The second-order valence-corrected chi connectivity index (χ2v) is 13.5. The summed E-state index contributed by atoms with van der Waals surface area (Å²) in [6.07, 6.45) is -10.2. The maximum atomic E-state index is 12.8. The number of aliphatic hydroxyl groups excluding tert-OH is 10. The molecule has 0 amide bonds. The van der Waals surface area contributed by atoms with Crippen molar-refractivity contribution in [3.05, 3.63) is 0 Å². The van der Waals surface area contributed by atoms with Crippen LogP contribution in [0.1, 0.15) is 96.8 Å². The van der Waals surface area contributed by atoms with E-state index in [9.17, 15) is 60.7 Å². The quantitative estimate of drug-likeness (QED) is 0.0269. The van der Waals surface area contributed by atoms with Crippen molar-refractivity contribution < 1.29 is 84.3 Å². The van der Waals surface area contributed by atoms with Crippen LogP contribution >= 0.6 is 0 Å². The average Bonchev–Trinajstić information content (AvgIpc) is 3.13. The molecule has 17 nitrogen and oxygen atoms in total. The molecule has 0 aromatic carbocycles. The zero-order valence-corrected chi connectivity index (χ0v) is 29.5. The number of unbranched alkanes of at least 4 members (excludes halogenated alkanes) is 12. The highest BCUT2D eigenvalue weighted by Crippen LogP contribution is 2.28. The minimum absolute atomic E-state index is 0.00937. The van der Waals surface area contributed by atoms with Crippen molar-refractivity contribution in [2.24, 2.45) is 0 Å². The highest BCUT2D eigenvalue weighted by molar-refractivity contribution is 5.69. The van der Waals surface area contributed by atoms with Crippen molar-refractivity contribution in [3.8, 4) is 0 Å². The van der Waals surface area contributed by atoms with E-state index >= 15 is 0 Å². The number of hydrogen-bond donors (Lipinski definition) is 10. The molecule has 2 fully saturated rings. The van der Waals surface area contributed by atoms with Gasteiger partial charge < -0.3 is 79.5 Å². The molecule has 0 bridgehead atoms. The van der Waals surface area contributed by atoms with Gasteiger partial charge in [0.05, 0.1) is 19.8 Å². The van der Waals surface area contributed by atoms with Gasteiger partial charge in [-0.2, -0.15) is 0 Å². The molecule has 2 aliphatic rings. The molecule has 0 radical (unpaired) electrons. The standard InChI is InChI=1S/C34H62O17/c1-2-3-4-5-6-7-8-9-10-11-12-13-14-15-24(39)51-32-30(45)28(43)23(19-48-33-31(46)29(44)27(42)22(17-36)49-33)50-34(32)47-18-21(38)26(41)25(40)20(37)16-35/h16,20-23,25-34,36-38,40-46H,2-15,17-19H2,1H3/t20-,21+,22+,23+,25+,26+,27+,28+,29-,30-,31+,32+,33-,34-/m0/s1. The van der Waals surface area contributed by atoms with E-state index < -0.39 is 112 Å². The van der Waals surface area contributed by atoms with Crippen LogP contribution in [0.15, 0.2) is 0 Å². The maximum absolute atomic E-state index is 12.8. The summed E-state index contributed by atoms with van der Waals surface area (Å²) in [7, 11) is 0. The second kappa shape index (κ2) is 24.8. The average molecular weight is 743 g/mol. The van der Waals surface area contributed by atoms with Crippen LogP contribution in [0.25, 0.3) is 0 Å². The van der Waals surface area contributed by atoms with E-state index in [0.29, 0.717) is 6.42 Å². The van der Waals surface area contributed by atoms with Gasteiger partial charge in [-0.1, -0.05) is 84.0 Å². The molecule has 10 N–H and O–H groups in total. The lowest BCUT2D eigenvalue weighted by Gasteiger charge is -2.43. The van der Waals surface area contributed by atoms with Crippen LogP contribution in [0.4, 0.5) is 0 Å². The summed E-state index contributed by atoms with van der Waals surface area (Å²) in [4.78, 5) is 23.6. The van der Waals surface area contributed by atoms with Gasteiger partial charge in [-0.25, -0.2) is 0 Å². The SMILES string of the molecule is CCCCCCCCCCCCCCCC(=O)O[C@H]1[C@@H](OC[C@@H](O)[C@@H](O)[C@H](O)[C@@H](O)C=O)O[C@H](CO[C@H]2O[C@H](CO)[C@@H](O)[C@H](O)[C@H]2O)[C@@H](O)[C@@H]1O. The Balaban J connectivity index is 1.93. The number of carbonyl (C=O) groups is 2. The molecule has 0 aliphatic carbocycles. The summed E-state index contributed by atoms with van der Waals surface area (Å²) >= 11 is 0. The Morgan fingerprint density at radius 2 is 1.20 bits per heavy atom. The van der Waals surface area contributed by atoms with E-state index in [1.165, 1.54) is 51.4 Å². The van der Waals surface area contributed by atoms with Gasteiger partial charge >= 0.3 is 5.97 Å². The maximum Gasteiger partial charge on any atom is 0.306 e. The first kappa shape index (κ1) is 45.7. The van der Waals surface area contributed by atoms with Crippen LogP contribution < -0.4 is 0 Å². The van der Waals surface area contributed by atoms with Crippen LogP contribution in [0, 0.1) is 0 Å². The third kappa shape index (κ3) is 15.1. The Morgan fingerprint density at radius 1 is 0.667 bits per heavy atom. The summed E-state index contributed by atoms with van der Waals surface area (Å²) in [6.45, 7) is 0.0245. The van der Waals surface area contributed by atoms with Gasteiger partial charge in [0.25, 0.3) is 0 Å². The molecule has 0 aromatic heterocycles. The zero-order valence-electron chi connectivity index (χ0n) is 29.5. The largest absolute Gasteiger partial charge is 0.454 e. The lowest BCUT2D eigenvalue weighted by Crippen LogP contribution is -2.62. The number of rotatable bonds is 26. The number of hydrogen-bond acceptors (Lipinski definition) is 17. The van der Waals surface area contributed by atoms with Crippen LogP contribution in [0.5, 0.6) is 0 Å². The minimum Gasteiger partial charge on any atom is -0.454 e. The van der Waals surface area contributed by atoms with Crippen molar-refractivity contribution >= 4 is 12.3 Å². The molecule has 51 heavy (non-hydrogen) atoms. The number of aliphatic hydroxyl groups is 10. The van der Waals surface area contributed by atoms with Crippen molar-refractivity contribution in [1.82, 2.24) is 0 Å². The van der Waals surface area contributed by atoms with Gasteiger partial charge in [-0.05, 0) is 6.42 Å².